The number of piperidine rings is 1. The van der Waals surface area contributed by atoms with E-state index in [1.165, 1.54) is 24.9 Å². The Hall–Kier alpha value is -2.82. The number of nitrogens with zero attached hydrogens (tertiary/aromatic N) is 1. The van der Waals surface area contributed by atoms with Gasteiger partial charge in [0.15, 0.2) is 0 Å². The molecule has 2 amide bonds. The Kier molecular flexibility index (Phi) is 4.61. The standard InChI is InChI=1S/C21H23N3O2/c25-20-14-18(17-6-2-3-7-19(17)23-20)21(26)22-15-8-10-16(11-9-15)24-12-4-1-5-13-24/h2-3,6-11,18H,1,4-5,12-14H2,(H,22,26)(H,23,25)/t18-/m0/s1. The Bertz CT molecular complexity index is 810. The first-order chi connectivity index (χ1) is 12.7. The van der Waals surface area contributed by atoms with Crippen LogP contribution in [-0.4, -0.2) is 24.9 Å². The van der Waals surface area contributed by atoms with E-state index in [-0.39, 0.29) is 18.2 Å². The topological polar surface area (TPSA) is 61.4 Å². The zero-order chi connectivity index (χ0) is 17.9. The van der Waals surface area contributed by atoms with Gasteiger partial charge in [-0.3, -0.25) is 9.59 Å². The highest BCUT2D eigenvalue weighted by Gasteiger charge is 2.30. The van der Waals surface area contributed by atoms with E-state index in [1.807, 2.05) is 36.4 Å². The number of amides is 2. The van der Waals surface area contributed by atoms with Crippen molar-refractivity contribution in [2.45, 2.75) is 31.6 Å². The van der Waals surface area contributed by atoms with Gasteiger partial charge in [-0.2, -0.15) is 0 Å². The molecule has 0 radical (unpaired) electrons. The molecule has 5 nitrogen and oxygen atoms in total. The number of benzene rings is 2. The molecule has 2 aromatic rings. The van der Waals surface area contributed by atoms with Crippen LogP contribution in [0.3, 0.4) is 0 Å². The van der Waals surface area contributed by atoms with Crippen LogP contribution in [0.1, 0.15) is 37.2 Å². The molecule has 0 bridgehead atoms. The van der Waals surface area contributed by atoms with Gasteiger partial charge in [0.05, 0.1) is 5.92 Å². The van der Waals surface area contributed by atoms with Crippen molar-refractivity contribution >= 4 is 28.9 Å². The van der Waals surface area contributed by atoms with Gasteiger partial charge < -0.3 is 15.5 Å². The molecule has 0 aliphatic carbocycles. The number of hydrogen-bond donors (Lipinski definition) is 2. The van der Waals surface area contributed by atoms with Crippen molar-refractivity contribution in [1.82, 2.24) is 0 Å². The van der Waals surface area contributed by atoms with Crippen LogP contribution in [0.4, 0.5) is 17.1 Å². The van der Waals surface area contributed by atoms with Crippen molar-refractivity contribution in [3.05, 3.63) is 54.1 Å². The lowest BCUT2D eigenvalue weighted by Crippen LogP contribution is -2.31. The van der Waals surface area contributed by atoms with E-state index in [0.29, 0.717) is 0 Å². The first-order valence-electron chi connectivity index (χ1n) is 9.25. The van der Waals surface area contributed by atoms with Crippen LogP contribution in [0.25, 0.3) is 0 Å². The number of fused-ring (bicyclic) bond motifs is 1. The van der Waals surface area contributed by atoms with Crippen molar-refractivity contribution in [2.75, 3.05) is 28.6 Å². The summed E-state index contributed by atoms with van der Waals surface area (Å²) in [7, 11) is 0. The van der Waals surface area contributed by atoms with Gasteiger partial charge >= 0.3 is 0 Å². The molecule has 2 heterocycles. The van der Waals surface area contributed by atoms with Crippen molar-refractivity contribution in [2.24, 2.45) is 0 Å². The molecule has 26 heavy (non-hydrogen) atoms. The fraction of sp³-hybridized carbons (Fsp3) is 0.333. The molecule has 0 spiro atoms. The van der Waals surface area contributed by atoms with Crippen LogP contribution in [0, 0.1) is 0 Å². The fourth-order valence-corrected chi connectivity index (χ4v) is 3.78. The SMILES string of the molecule is O=C1C[C@H](C(=O)Nc2ccc(N3CCCCC3)cc2)c2ccccc2N1. The zero-order valence-electron chi connectivity index (χ0n) is 14.7. The average molecular weight is 349 g/mol. The van der Waals surface area contributed by atoms with Crippen molar-refractivity contribution < 1.29 is 9.59 Å². The Morgan fingerprint density at radius 1 is 1.00 bits per heavy atom. The second-order valence-corrected chi connectivity index (χ2v) is 6.98. The van der Waals surface area contributed by atoms with E-state index >= 15 is 0 Å². The number of hydrogen-bond acceptors (Lipinski definition) is 3. The molecule has 4 rings (SSSR count). The van der Waals surface area contributed by atoms with E-state index < -0.39 is 5.92 Å². The van der Waals surface area contributed by atoms with E-state index in [0.717, 1.165) is 30.0 Å². The average Bonchev–Trinajstić information content (AvgIpc) is 2.68. The molecule has 1 atom stereocenters. The maximum atomic E-state index is 12.8. The predicted molar refractivity (Wildman–Crippen MR) is 104 cm³/mol. The normalized spacial score (nSPS) is 19.5. The summed E-state index contributed by atoms with van der Waals surface area (Å²) in [6.07, 6.45) is 3.96. The second-order valence-electron chi connectivity index (χ2n) is 6.98. The quantitative estimate of drug-likeness (QED) is 0.887. The number of anilines is 3. The lowest BCUT2D eigenvalue weighted by Gasteiger charge is -2.29. The summed E-state index contributed by atoms with van der Waals surface area (Å²) in [6, 6.07) is 15.5. The number of para-hydroxylation sites is 1. The Morgan fingerprint density at radius 2 is 1.73 bits per heavy atom. The van der Waals surface area contributed by atoms with Gasteiger partial charge in [-0.25, -0.2) is 0 Å². The van der Waals surface area contributed by atoms with E-state index in [4.69, 9.17) is 0 Å². The third-order valence-corrected chi connectivity index (χ3v) is 5.17. The molecule has 2 aliphatic heterocycles. The number of carbonyl (C=O) groups is 2. The highest BCUT2D eigenvalue weighted by Crippen LogP contribution is 2.33. The number of rotatable bonds is 3. The van der Waals surface area contributed by atoms with Gasteiger partial charge in [-0.1, -0.05) is 18.2 Å². The molecule has 134 valence electrons. The van der Waals surface area contributed by atoms with Gasteiger partial charge in [0.25, 0.3) is 0 Å². The summed E-state index contributed by atoms with van der Waals surface area (Å²) in [4.78, 5) is 27.1. The monoisotopic (exact) mass is 349 g/mol. The van der Waals surface area contributed by atoms with E-state index in [9.17, 15) is 9.59 Å². The van der Waals surface area contributed by atoms with Crippen LogP contribution in [0.5, 0.6) is 0 Å². The molecule has 0 aromatic heterocycles. The highest BCUT2D eigenvalue weighted by atomic mass is 16.2. The first-order valence-corrected chi connectivity index (χ1v) is 9.25. The van der Waals surface area contributed by atoms with E-state index in [2.05, 4.69) is 27.7 Å². The third kappa shape index (κ3) is 3.43. The minimum absolute atomic E-state index is 0.121. The maximum absolute atomic E-state index is 12.8. The van der Waals surface area contributed by atoms with Gasteiger partial charge in [-0.05, 0) is 55.2 Å². The summed E-state index contributed by atoms with van der Waals surface area (Å²) in [6.45, 7) is 2.19. The lowest BCUT2D eigenvalue weighted by molar-refractivity contribution is -0.123. The second kappa shape index (κ2) is 7.20. The molecule has 2 aromatic carbocycles. The third-order valence-electron chi connectivity index (χ3n) is 5.17. The van der Waals surface area contributed by atoms with Crippen LogP contribution in [0.15, 0.2) is 48.5 Å². The number of carbonyl (C=O) groups excluding carboxylic acids is 2. The summed E-state index contributed by atoms with van der Waals surface area (Å²) in [5.74, 6) is -0.718. The summed E-state index contributed by atoms with van der Waals surface area (Å²) < 4.78 is 0. The van der Waals surface area contributed by atoms with Crippen molar-refractivity contribution in [3.8, 4) is 0 Å². The number of nitrogens with one attached hydrogen (secondary N) is 2. The van der Waals surface area contributed by atoms with Crippen LogP contribution in [0.2, 0.25) is 0 Å². The summed E-state index contributed by atoms with van der Waals surface area (Å²) in [5.41, 5.74) is 3.56. The first kappa shape index (κ1) is 16.6. The molecule has 1 fully saturated rings. The highest BCUT2D eigenvalue weighted by molar-refractivity contribution is 6.05. The molecule has 2 N–H and O–H groups in total. The maximum Gasteiger partial charge on any atom is 0.232 e. The molecule has 0 saturated carbocycles. The predicted octanol–water partition coefficient (Wildman–Crippen LogP) is 3.74. The molecule has 5 heteroatoms. The lowest BCUT2D eigenvalue weighted by atomic mass is 9.90. The van der Waals surface area contributed by atoms with Crippen molar-refractivity contribution in [3.63, 3.8) is 0 Å². The molecular formula is C21H23N3O2. The Morgan fingerprint density at radius 3 is 2.50 bits per heavy atom. The summed E-state index contributed by atoms with van der Waals surface area (Å²) in [5, 5.41) is 5.79. The van der Waals surface area contributed by atoms with Gasteiger partial charge in [-0.15, -0.1) is 0 Å². The van der Waals surface area contributed by atoms with Crippen molar-refractivity contribution in [1.29, 1.82) is 0 Å². The smallest absolute Gasteiger partial charge is 0.232 e. The summed E-state index contributed by atoms with van der Waals surface area (Å²) >= 11 is 0. The minimum Gasteiger partial charge on any atom is -0.372 e. The Balaban J connectivity index is 1.47. The van der Waals surface area contributed by atoms with Crippen LogP contribution in [-0.2, 0) is 9.59 Å². The van der Waals surface area contributed by atoms with Gasteiger partial charge in [0, 0.05) is 36.6 Å². The minimum atomic E-state index is -0.457. The molecule has 0 unspecified atom stereocenters. The van der Waals surface area contributed by atoms with E-state index in [1.54, 1.807) is 0 Å². The molecule has 1 saturated heterocycles. The zero-order valence-corrected chi connectivity index (χ0v) is 14.7. The largest absolute Gasteiger partial charge is 0.372 e. The van der Waals surface area contributed by atoms with Crippen LogP contribution < -0.4 is 15.5 Å². The fourth-order valence-electron chi connectivity index (χ4n) is 3.78. The Labute approximate surface area is 153 Å². The van der Waals surface area contributed by atoms with Gasteiger partial charge in [0.2, 0.25) is 11.8 Å². The molecule has 2 aliphatic rings. The molecular weight excluding hydrogens is 326 g/mol. The van der Waals surface area contributed by atoms with Gasteiger partial charge in [0.1, 0.15) is 0 Å². The van der Waals surface area contributed by atoms with Crippen LogP contribution >= 0.6 is 0 Å².